The van der Waals surface area contributed by atoms with E-state index in [1.165, 1.54) is 5.56 Å². The highest BCUT2D eigenvalue weighted by Crippen LogP contribution is 2.33. The van der Waals surface area contributed by atoms with Crippen LogP contribution < -0.4 is 0 Å². The molecule has 2 aromatic carbocycles. The molecule has 2 fully saturated rings. The van der Waals surface area contributed by atoms with Crippen molar-refractivity contribution in [1.82, 2.24) is 9.80 Å². The van der Waals surface area contributed by atoms with Crippen molar-refractivity contribution in [1.29, 1.82) is 0 Å². The fourth-order valence-electron chi connectivity index (χ4n) is 3.36. The minimum Gasteiger partial charge on any atom is -0.341 e. The lowest BCUT2D eigenvalue weighted by atomic mass is 10.2. The largest absolute Gasteiger partial charge is 0.341 e. The van der Waals surface area contributed by atoms with Crippen molar-refractivity contribution in [3.05, 3.63) is 64.6 Å². The third kappa shape index (κ3) is 4.79. The summed E-state index contributed by atoms with van der Waals surface area (Å²) in [5.74, 6) is -0.552. The standard InChI is InChI=1S/C23H22N2O3S2/c1-16-4-8-18(9-5-16)29-19-10-6-17(7-11-19)14-20-22(27)25(23(28)30-20)15-21(26)24-12-2-3-13-24/h4-11,14H,2-3,12-13,15H2,1H3/b20-14-. The first-order valence-electron chi connectivity index (χ1n) is 9.87. The summed E-state index contributed by atoms with van der Waals surface area (Å²) in [6, 6.07) is 16.2. The number of benzene rings is 2. The number of thioether (sulfide) groups is 1. The number of likely N-dealkylation sites (tertiary alicyclic amines) is 1. The monoisotopic (exact) mass is 438 g/mol. The third-order valence-electron chi connectivity index (χ3n) is 5.06. The van der Waals surface area contributed by atoms with Gasteiger partial charge in [-0.2, -0.15) is 0 Å². The zero-order chi connectivity index (χ0) is 21.1. The summed E-state index contributed by atoms with van der Waals surface area (Å²) in [5.41, 5.74) is 2.07. The van der Waals surface area contributed by atoms with E-state index in [-0.39, 0.29) is 17.7 Å². The maximum Gasteiger partial charge on any atom is 0.294 e. The zero-order valence-corrected chi connectivity index (χ0v) is 18.3. The predicted molar refractivity (Wildman–Crippen MR) is 120 cm³/mol. The van der Waals surface area contributed by atoms with Gasteiger partial charge in [0, 0.05) is 22.9 Å². The van der Waals surface area contributed by atoms with E-state index in [0.29, 0.717) is 18.0 Å². The lowest BCUT2D eigenvalue weighted by molar-refractivity contribution is -0.135. The summed E-state index contributed by atoms with van der Waals surface area (Å²) >= 11 is 2.56. The van der Waals surface area contributed by atoms with E-state index in [9.17, 15) is 14.4 Å². The number of amides is 3. The van der Waals surface area contributed by atoms with Crippen molar-refractivity contribution in [2.45, 2.75) is 29.6 Å². The molecule has 0 atom stereocenters. The van der Waals surface area contributed by atoms with Crippen LogP contribution in [0.3, 0.4) is 0 Å². The second-order valence-electron chi connectivity index (χ2n) is 7.34. The summed E-state index contributed by atoms with van der Waals surface area (Å²) in [6.45, 7) is 3.30. The molecule has 0 radical (unpaired) electrons. The molecule has 0 saturated carbocycles. The van der Waals surface area contributed by atoms with E-state index >= 15 is 0 Å². The van der Waals surface area contributed by atoms with Crippen LogP contribution in [0.15, 0.2) is 63.2 Å². The Bertz CT molecular complexity index is 994. The van der Waals surface area contributed by atoms with Crippen LogP contribution in [0.2, 0.25) is 0 Å². The van der Waals surface area contributed by atoms with Gasteiger partial charge in [0.1, 0.15) is 6.54 Å². The van der Waals surface area contributed by atoms with Gasteiger partial charge >= 0.3 is 0 Å². The Morgan fingerprint density at radius 2 is 1.60 bits per heavy atom. The highest BCUT2D eigenvalue weighted by Gasteiger charge is 2.37. The normalized spacial score (nSPS) is 18.0. The Kier molecular flexibility index (Phi) is 6.29. The van der Waals surface area contributed by atoms with Crippen LogP contribution in [0.5, 0.6) is 0 Å². The molecule has 2 saturated heterocycles. The van der Waals surface area contributed by atoms with Crippen LogP contribution in [-0.2, 0) is 9.59 Å². The lowest BCUT2D eigenvalue weighted by Crippen LogP contribution is -2.40. The highest BCUT2D eigenvalue weighted by atomic mass is 32.2. The maximum absolute atomic E-state index is 12.6. The van der Waals surface area contributed by atoms with Crippen molar-refractivity contribution in [3.63, 3.8) is 0 Å². The molecule has 0 bridgehead atoms. The number of imide groups is 1. The molecule has 0 aromatic heterocycles. The molecular formula is C23H22N2O3S2. The molecule has 2 heterocycles. The van der Waals surface area contributed by atoms with Crippen molar-refractivity contribution in [2.75, 3.05) is 19.6 Å². The lowest BCUT2D eigenvalue weighted by Gasteiger charge is -2.18. The Hall–Kier alpha value is -2.51. The molecule has 4 rings (SSSR count). The first-order valence-corrected chi connectivity index (χ1v) is 11.5. The van der Waals surface area contributed by atoms with Gasteiger partial charge in [0.2, 0.25) is 5.91 Å². The summed E-state index contributed by atoms with van der Waals surface area (Å²) < 4.78 is 0. The molecule has 7 heteroatoms. The van der Waals surface area contributed by atoms with Gasteiger partial charge in [0.25, 0.3) is 11.1 Å². The quantitative estimate of drug-likeness (QED) is 0.628. The van der Waals surface area contributed by atoms with E-state index in [2.05, 4.69) is 31.2 Å². The average Bonchev–Trinajstić information content (AvgIpc) is 3.36. The van der Waals surface area contributed by atoms with Crippen LogP contribution >= 0.6 is 23.5 Å². The van der Waals surface area contributed by atoms with Gasteiger partial charge in [0.05, 0.1) is 4.91 Å². The van der Waals surface area contributed by atoms with Gasteiger partial charge < -0.3 is 4.90 Å². The van der Waals surface area contributed by atoms with E-state index in [4.69, 9.17) is 0 Å². The fraction of sp³-hybridized carbons (Fsp3) is 0.261. The van der Waals surface area contributed by atoms with Gasteiger partial charge in [-0.3, -0.25) is 19.3 Å². The summed E-state index contributed by atoms with van der Waals surface area (Å²) in [6.07, 6.45) is 3.67. The summed E-state index contributed by atoms with van der Waals surface area (Å²) in [5, 5.41) is -0.384. The van der Waals surface area contributed by atoms with Crippen molar-refractivity contribution >= 4 is 46.7 Å². The SMILES string of the molecule is Cc1ccc(Sc2ccc(/C=C3\SC(=O)N(CC(=O)N4CCCC4)C3=O)cc2)cc1. The molecule has 0 aliphatic carbocycles. The van der Waals surface area contributed by atoms with Crippen LogP contribution in [0.4, 0.5) is 4.79 Å². The van der Waals surface area contributed by atoms with E-state index in [1.54, 1.807) is 22.7 Å². The molecule has 0 unspecified atom stereocenters. The smallest absolute Gasteiger partial charge is 0.294 e. The number of nitrogens with zero attached hydrogens (tertiary/aromatic N) is 2. The second-order valence-corrected chi connectivity index (χ2v) is 9.48. The minimum absolute atomic E-state index is 0.159. The number of carbonyl (C=O) groups excluding carboxylic acids is 3. The summed E-state index contributed by atoms with van der Waals surface area (Å²) in [4.78, 5) is 42.6. The van der Waals surface area contributed by atoms with Gasteiger partial charge in [0.15, 0.2) is 0 Å². The molecule has 2 aliphatic heterocycles. The first-order chi connectivity index (χ1) is 14.5. The molecule has 154 valence electrons. The van der Waals surface area contributed by atoms with Gasteiger partial charge in [-0.25, -0.2) is 0 Å². The van der Waals surface area contributed by atoms with Crippen molar-refractivity contribution in [2.24, 2.45) is 0 Å². The Labute approximate surface area is 184 Å². The number of carbonyl (C=O) groups is 3. The van der Waals surface area contributed by atoms with Crippen LogP contribution in [0.25, 0.3) is 6.08 Å². The topological polar surface area (TPSA) is 57.7 Å². The van der Waals surface area contributed by atoms with Gasteiger partial charge in [-0.1, -0.05) is 41.6 Å². The molecule has 5 nitrogen and oxygen atoms in total. The number of hydrogen-bond acceptors (Lipinski definition) is 5. The van der Waals surface area contributed by atoms with E-state index in [1.807, 2.05) is 24.3 Å². The number of aryl methyl sites for hydroxylation is 1. The third-order valence-corrected chi connectivity index (χ3v) is 6.98. The Balaban J connectivity index is 1.41. The zero-order valence-electron chi connectivity index (χ0n) is 16.7. The predicted octanol–water partition coefficient (Wildman–Crippen LogP) is 4.80. The second kappa shape index (κ2) is 9.10. The Morgan fingerprint density at radius 1 is 1.00 bits per heavy atom. The number of rotatable bonds is 5. The van der Waals surface area contributed by atoms with Crippen molar-refractivity contribution in [3.8, 4) is 0 Å². The molecule has 0 N–H and O–H groups in total. The van der Waals surface area contributed by atoms with E-state index < -0.39 is 5.91 Å². The van der Waals surface area contributed by atoms with Crippen LogP contribution in [-0.4, -0.2) is 46.5 Å². The van der Waals surface area contributed by atoms with Crippen LogP contribution in [0.1, 0.15) is 24.0 Å². The molecule has 0 spiro atoms. The minimum atomic E-state index is -0.393. The summed E-state index contributed by atoms with van der Waals surface area (Å²) in [7, 11) is 0. The fourth-order valence-corrected chi connectivity index (χ4v) is 5.02. The van der Waals surface area contributed by atoms with Gasteiger partial charge in [-0.15, -0.1) is 0 Å². The maximum atomic E-state index is 12.6. The average molecular weight is 439 g/mol. The Morgan fingerprint density at radius 3 is 2.23 bits per heavy atom. The van der Waals surface area contributed by atoms with E-state index in [0.717, 1.165) is 44.9 Å². The van der Waals surface area contributed by atoms with Gasteiger partial charge in [-0.05, 0) is 67.4 Å². The van der Waals surface area contributed by atoms with Crippen molar-refractivity contribution < 1.29 is 14.4 Å². The highest BCUT2D eigenvalue weighted by molar-refractivity contribution is 8.18. The number of hydrogen-bond donors (Lipinski definition) is 0. The molecule has 2 aliphatic rings. The van der Waals surface area contributed by atoms with Crippen LogP contribution in [0, 0.1) is 6.92 Å². The molecular weight excluding hydrogens is 416 g/mol. The molecule has 30 heavy (non-hydrogen) atoms. The first kappa shape index (κ1) is 20.8. The molecule has 2 aromatic rings. The molecule has 3 amide bonds.